The van der Waals surface area contributed by atoms with E-state index in [-0.39, 0.29) is 18.1 Å². The van der Waals surface area contributed by atoms with E-state index < -0.39 is 17.5 Å². The first-order valence-corrected chi connectivity index (χ1v) is 7.28. The molecule has 1 amide bonds. The van der Waals surface area contributed by atoms with Crippen molar-refractivity contribution < 1.29 is 22.7 Å². The maximum absolute atomic E-state index is 13.4. The predicted molar refractivity (Wildman–Crippen MR) is 84.5 cm³/mol. The van der Waals surface area contributed by atoms with Gasteiger partial charge in [-0.05, 0) is 36.2 Å². The lowest BCUT2D eigenvalue weighted by atomic mass is 10.1. The van der Waals surface area contributed by atoms with E-state index >= 15 is 0 Å². The molecule has 4 nitrogen and oxygen atoms in total. The van der Waals surface area contributed by atoms with E-state index in [0.29, 0.717) is 13.0 Å². The number of ether oxygens (including phenoxy) is 1. The summed E-state index contributed by atoms with van der Waals surface area (Å²) >= 11 is 0. The maximum atomic E-state index is 13.4. The van der Waals surface area contributed by atoms with E-state index in [1.165, 1.54) is 0 Å². The van der Waals surface area contributed by atoms with Gasteiger partial charge in [0.1, 0.15) is 5.75 Å². The van der Waals surface area contributed by atoms with Gasteiger partial charge in [-0.15, -0.1) is 0 Å². The molecule has 0 saturated carbocycles. The Morgan fingerprint density at radius 2 is 1.92 bits per heavy atom. The quantitative estimate of drug-likeness (QED) is 0.763. The van der Waals surface area contributed by atoms with Crippen LogP contribution in [-0.4, -0.2) is 26.1 Å². The fraction of sp³-hybridized carbons (Fsp3) is 0.235. The molecule has 2 aromatic rings. The summed E-state index contributed by atoms with van der Waals surface area (Å²) in [6.07, 6.45) is 0.600. The molecule has 0 atom stereocenters. The summed E-state index contributed by atoms with van der Waals surface area (Å²) in [5, 5.41) is 5.09. The van der Waals surface area contributed by atoms with Gasteiger partial charge in [-0.3, -0.25) is 4.79 Å². The third-order valence-corrected chi connectivity index (χ3v) is 3.34. The maximum Gasteiger partial charge on any atom is 0.239 e. The lowest BCUT2D eigenvalue weighted by Crippen LogP contribution is -2.31. The minimum atomic E-state index is -1.57. The van der Waals surface area contributed by atoms with Crippen LogP contribution < -0.4 is 15.4 Å². The summed E-state index contributed by atoms with van der Waals surface area (Å²) in [7, 11) is 1.57. The van der Waals surface area contributed by atoms with Gasteiger partial charge in [0.05, 0.1) is 19.3 Å². The van der Waals surface area contributed by atoms with Crippen LogP contribution >= 0.6 is 0 Å². The van der Waals surface area contributed by atoms with Crippen LogP contribution in [0, 0.1) is 17.5 Å². The Labute approximate surface area is 137 Å². The number of amides is 1. The monoisotopic (exact) mass is 338 g/mol. The number of rotatable bonds is 7. The normalized spacial score (nSPS) is 10.3. The fourth-order valence-electron chi connectivity index (χ4n) is 2.07. The van der Waals surface area contributed by atoms with Crippen molar-refractivity contribution >= 4 is 11.6 Å². The van der Waals surface area contributed by atoms with Crippen LogP contribution in [0.5, 0.6) is 5.75 Å². The molecule has 0 unspecified atom stereocenters. The largest absolute Gasteiger partial charge is 0.497 e. The van der Waals surface area contributed by atoms with E-state index in [1.807, 2.05) is 24.3 Å². The Morgan fingerprint density at radius 1 is 1.12 bits per heavy atom. The second-order valence-electron chi connectivity index (χ2n) is 5.03. The Hall–Kier alpha value is -2.70. The average Bonchev–Trinajstić information content (AvgIpc) is 2.59. The molecule has 0 radical (unpaired) electrons. The van der Waals surface area contributed by atoms with Gasteiger partial charge in [0, 0.05) is 6.54 Å². The molecule has 24 heavy (non-hydrogen) atoms. The van der Waals surface area contributed by atoms with Gasteiger partial charge in [0.2, 0.25) is 5.91 Å². The summed E-state index contributed by atoms with van der Waals surface area (Å²) in [6, 6.07) is 9.27. The fourth-order valence-corrected chi connectivity index (χ4v) is 2.07. The number of hydrogen-bond donors (Lipinski definition) is 2. The highest BCUT2D eigenvalue weighted by atomic mass is 19.2. The number of carbonyl (C=O) groups is 1. The third kappa shape index (κ3) is 4.65. The number of methoxy groups -OCH3 is 1. The molecule has 2 aromatic carbocycles. The van der Waals surface area contributed by atoms with Crippen LogP contribution in [-0.2, 0) is 11.2 Å². The first-order chi connectivity index (χ1) is 11.5. The molecule has 0 fully saturated rings. The van der Waals surface area contributed by atoms with Gasteiger partial charge in [0.25, 0.3) is 0 Å². The number of hydrogen-bond acceptors (Lipinski definition) is 3. The van der Waals surface area contributed by atoms with Crippen molar-refractivity contribution in [3.05, 3.63) is 59.4 Å². The molecule has 2 rings (SSSR count). The molecule has 0 aromatic heterocycles. The molecule has 0 aliphatic heterocycles. The summed E-state index contributed by atoms with van der Waals surface area (Å²) in [6.45, 7) is 0.133. The van der Waals surface area contributed by atoms with E-state index in [4.69, 9.17) is 4.74 Å². The van der Waals surface area contributed by atoms with Crippen molar-refractivity contribution in [2.45, 2.75) is 6.42 Å². The zero-order valence-corrected chi connectivity index (χ0v) is 13.0. The van der Waals surface area contributed by atoms with Crippen LogP contribution in [0.15, 0.2) is 36.4 Å². The molecule has 0 spiro atoms. The molecule has 2 N–H and O–H groups in total. The number of anilines is 1. The standard InChI is InChI=1S/C17H17F3N2O2/c1-24-12-4-2-3-11(9-12)7-8-21-15(23)10-22-14-6-5-13(18)16(19)17(14)20/h2-6,9,22H,7-8,10H2,1H3,(H,21,23). The molecule has 0 bridgehead atoms. The SMILES string of the molecule is COc1cccc(CCNC(=O)CNc2ccc(F)c(F)c2F)c1. The van der Waals surface area contributed by atoms with Crippen LogP contribution in [0.1, 0.15) is 5.56 Å². The number of halogens is 3. The molecule has 0 saturated heterocycles. The lowest BCUT2D eigenvalue weighted by molar-refractivity contribution is -0.119. The summed E-state index contributed by atoms with van der Waals surface area (Å²) in [5.74, 6) is -3.85. The van der Waals surface area contributed by atoms with Crippen LogP contribution in [0.4, 0.5) is 18.9 Å². The molecule has 0 heterocycles. The molecule has 0 aliphatic rings. The van der Waals surface area contributed by atoms with Gasteiger partial charge < -0.3 is 15.4 Å². The van der Waals surface area contributed by atoms with Gasteiger partial charge >= 0.3 is 0 Å². The minimum Gasteiger partial charge on any atom is -0.497 e. The minimum absolute atomic E-state index is 0.250. The number of benzene rings is 2. The van der Waals surface area contributed by atoms with Crippen LogP contribution in [0.2, 0.25) is 0 Å². The van der Waals surface area contributed by atoms with Crippen molar-refractivity contribution in [3.8, 4) is 5.75 Å². The summed E-state index contributed by atoms with van der Waals surface area (Å²) in [5.41, 5.74) is 0.728. The summed E-state index contributed by atoms with van der Waals surface area (Å²) in [4.78, 5) is 11.7. The topological polar surface area (TPSA) is 50.4 Å². The third-order valence-electron chi connectivity index (χ3n) is 3.34. The van der Waals surface area contributed by atoms with Crippen molar-refractivity contribution in [1.82, 2.24) is 5.32 Å². The van der Waals surface area contributed by atoms with Crippen molar-refractivity contribution in [2.24, 2.45) is 0 Å². The van der Waals surface area contributed by atoms with E-state index in [1.54, 1.807) is 7.11 Å². The second-order valence-corrected chi connectivity index (χ2v) is 5.03. The number of carbonyl (C=O) groups excluding carboxylic acids is 1. The lowest BCUT2D eigenvalue weighted by Gasteiger charge is -2.09. The van der Waals surface area contributed by atoms with Gasteiger partial charge in [-0.1, -0.05) is 12.1 Å². The first-order valence-electron chi connectivity index (χ1n) is 7.28. The Morgan fingerprint density at radius 3 is 2.67 bits per heavy atom. The molecular weight excluding hydrogens is 321 g/mol. The highest BCUT2D eigenvalue weighted by Crippen LogP contribution is 2.19. The van der Waals surface area contributed by atoms with E-state index in [2.05, 4.69) is 10.6 Å². The predicted octanol–water partition coefficient (Wildman–Crippen LogP) is 2.88. The smallest absolute Gasteiger partial charge is 0.239 e. The van der Waals surface area contributed by atoms with Crippen molar-refractivity contribution in [3.63, 3.8) is 0 Å². The van der Waals surface area contributed by atoms with Crippen molar-refractivity contribution in [1.29, 1.82) is 0 Å². The second kappa shape index (κ2) is 8.24. The number of nitrogens with one attached hydrogen (secondary N) is 2. The zero-order chi connectivity index (χ0) is 17.5. The Kier molecular flexibility index (Phi) is 6.06. The highest BCUT2D eigenvalue weighted by molar-refractivity contribution is 5.80. The molecule has 7 heteroatoms. The molecule has 0 aliphatic carbocycles. The first kappa shape index (κ1) is 17.7. The average molecular weight is 338 g/mol. The van der Waals surface area contributed by atoms with Gasteiger partial charge in [0.15, 0.2) is 17.5 Å². The van der Waals surface area contributed by atoms with Gasteiger partial charge in [-0.25, -0.2) is 13.2 Å². The molecular formula is C17H17F3N2O2. The zero-order valence-electron chi connectivity index (χ0n) is 13.0. The van der Waals surface area contributed by atoms with E-state index in [0.717, 1.165) is 23.4 Å². The van der Waals surface area contributed by atoms with E-state index in [9.17, 15) is 18.0 Å². The van der Waals surface area contributed by atoms with Crippen LogP contribution in [0.3, 0.4) is 0 Å². The highest BCUT2D eigenvalue weighted by Gasteiger charge is 2.13. The molecule has 128 valence electrons. The van der Waals surface area contributed by atoms with Crippen LogP contribution in [0.25, 0.3) is 0 Å². The Bertz CT molecular complexity index is 723. The van der Waals surface area contributed by atoms with Gasteiger partial charge in [-0.2, -0.15) is 0 Å². The summed E-state index contributed by atoms with van der Waals surface area (Å²) < 4.78 is 44.4. The van der Waals surface area contributed by atoms with Crippen molar-refractivity contribution in [2.75, 3.05) is 25.5 Å². The Balaban J connectivity index is 1.78.